The molecular formula is C16H14ClN5O. The van der Waals surface area contributed by atoms with Crippen molar-refractivity contribution in [3.8, 4) is 0 Å². The highest BCUT2D eigenvalue weighted by Crippen LogP contribution is 2.19. The van der Waals surface area contributed by atoms with Crippen molar-refractivity contribution in [2.24, 2.45) is 0 Å². The van der Waals surface area contributed by atoms with Crippen molar-refractivity contribution in [2.45, 2.75) is 13.0 Å². The van der Waals surface area contributed by atoms with E-state index in [1.54, 1.807) is 13.0 Å². The smallest absolute Gasteiger partial charge is 0.270 e. The number of carbonyl (C=O) groups is 1. The summed E-state index contributed by atoms with van der Waals surface area (Å²) in [7, 11) is 0. The van der Waals surface area contributed by atoms with Crippen LogP contribution in [-0.4, -0.2) is 26.1 Å². The largest absolute Gasteiger partial charge is 0.337 e. The predicted octanol–water partition coefficient (Wildman–Crippen LogP) is 2.68. The number of amides is 1. The molecule has 0 unspecified atom stereocenters. The van der Waals surface area contributed by atoms with Crippen molar-refractivity contribution in [1.29, 1.82) is 0 Å². The molecule has 23 heavy (non-hydrogen) atoms. The minimum absolute atomic E-state index is 0.241. The highest BCUT2D eigenvalue weighted by atomic mass is 35.5. The predicted molar refractivity (Wildman–Crippen MR) is 86.1 cm³/mol. The maximum atomic E-state index is 12.5. The lowest BCUT2D eigenvalue weighted by atomic mass is 10.1. The van der Waals surface area contributed by atoms with Crippen LogP contribution in [0.5, 0.6) is 0 Å². The molecule has 2 N–H and O–H groups in total. The molecule has 0 radical (unpaired) electrons. The third-order valence-electron chi connectivity index (χ3n) is 3.24. The molecule has 6 nitrogen and oxygen atoms in total. The van der Waals surface area contributed by atoms with E-state index in [4.69, 9.17) is 11.6 Å². The molecule has 3 rings (SSSR count). The summed E-state index contributed by atoms with van der Waals surface area (Å²) in [4.78, 5) is 20.8. The topological polar surface area (TPSA) is 83.6 Å². The molecule has 1 aromatic carbocycles. The number of carbonyl (C=O) groups excluding carboxylic acids is 1. The van der Waals surface area contributed by atoms with Crippen molar-refractivity contribution in [1.82, 2.24) is 25.5 Å². The van der Waals surface area contributed by atoms with Crippen LogP contribution in [0.4, 0.5) is 0 Å². The molecule has 2 heterocycles. The second kappa shape index (κ2) is 6.58. The second-order valence-corrected chi connectivity index (χ2v) is 5.39. The number of aromatic nitrogens is 4. The summed E-state index contributed by atoms with van der Waals surface area (Å²) in [5, 5.41) is 10.3. The molecular weight excluding hydrogens is 314 g/mol. The molecule has 116 valence electrons. The summed E-state index contributed by atoms with van der Waals surface area (Å²) < 4.78 is 0. The number of nitrogens with one attached hydrogen (secondary N) is 2. The summed E-state index contributed by atoms with van der Waals surface area (Å²) >= 11 is 5.91. The Morgan fingerprint density at radius 1 is 1.26 bits per heavy atom. The molecule has 3 aromatic rings. The first-order valence-corrected chi connectivity index (χ1v) is 7.37. The van der Waals surface area contributed by atoms with E-state index in [2.05, 4.69) is 25.5 Å². The first-order valence-electron chi connectivity index (χ1n) is 7.00. The van der Waals surface area contributed by atoms with Crippen LogP contribution in [0.15, 0.2) is 48.7 Å². The summed E-state index contributed by atoms with van der Waals surface area (Å²) in [6, 6.07) is 12.2. The minimum atomic E-state index is -0.477. The van der Waals surface area contributed by atoms with Gasteiger partial charge in [0.05, 0.1) is 0 Å². The standard InChI is InChI=1S/C16H14ClN5O/c1-10-19-15(22-21-10)14(11-5-3-2-4-6-11)20-16(23)13-9-12(17)7-8-18-13/h2-9,14H,1H3,(H,20,23)(H,19,21,22)/t14-/m0/s1. The number of benzene rings is 1. The van der Waals surface area contributed by atoms with Crippen LogP contribution in [0.25, 0.3) is 0 Å². The Labute approximate surface area is 137 Å². The van der Waals surface area contributed by atoms with E-state index in [1.165, 1.54) is 12.3 Å². The fourth-order valence-electron chi connectivity index (χ4n) is 2.17. The van der Waals surface area contributed by atoms with Crippen molar-refractivity contribution in [3.63, 3.8) is 0 Å². The van der Waals surface area contributed by atoms with Gasteiger partial charge in [-0.1, -0.05) is 41.9 Å². The normalized spacial score (nSPS) is 11.9. The molecule has 0 bridgehead atoms. The monoisotopic (exact) mass is 327 g/mol. The van der Waals surface area contributed by atoms with Gasteiger partial charge in [-0.05, 0) is 24.6 Å². The Bertz CT molecular complexity index is 818. The third-order valence-corrected chi connectivity index (χ3v) is 3.47. The van der Waals surface area contributed by atoms with Gasteiger partial charge in [0, 0.05) is 11.2 Å². The van der Waals surface area contributed by atoms with E-state index in [1.807, 2.05) is 30.3 Å². The van der Waals surface area contributed by atoms with Crippen molar-refractivity contribution in [2.75, 3.05) is 0 Å². The van der Waals surface area contributed by atoms with Crippen molar-refractivity contribution >= 4 is 17.5 Å². The van der Waals surface area contributed by atoms with Crippen LogP contribution in [0, 0.1) is 6.92 Å². The van der Waals surface area contributed by atoms with Crippen LogP contribution in [0.3, 0.4) is 0 Å². The number of pyridine rings is 1. The summed E-state index contributed by atoms with van der Waals surface area (Å²) in [5.41, 5.74) is 1.12. The van der Waals surface area contributed by atoms with Gasteiger partial charge < -0.3 is 5.32 Å². The van der Waals surface area contributed by atoms with Crippen LogP contribution in [0.1, 0.15) is 33.7 Å². The van der Waals surface area contributed by atoms with Gasteiger partial charge in [0.15, 0.2) is 5.82 Å². The van der Waals surface area contributed by atoms with E-state index in [0.717, 1.165) is 5.56 Å². The number of rotatable bonds is 4. The highest BCUT2D eigenvalue weighted by molar-refractivity contribution is 6.30. The molecule has 0 saturated heterocycles. The molecule has 0 aliphatic carbocycles. The van der Waals surface area contributed by atoms with Crippen LogP contribution >= 0.6 is 11.6 Å². The van der Waals surface area contributed by atoms with Gasteiger partial charge in [0.25, 0.3) is 5.91 Å². The number of hydrogen-bond acceptors (Lipinski definition) is 4. The second-order valence-electron chi connectivity index (χ2n) is 4.96. The molecule has 0 saturated carbocycles. The zero-order chi connectivity index (χ0) is 16.2. The number of hydrogen-bond donors (Lipinski definition) is 2. The van der Waals surface area contributed by atoms with Gasteiger partial charge >= 0.3 is 0 Å². The number of aryl methyl sites for hydroxylation is 1. The number of nitrogens with zero attached hydrogens (tertiary/aromatic N) is 3. The van der Waals surface area contributed by atoms with Gasteiger partial charge in [0.2, 0.25) is 0 Å². The van der Waals surface area contributed by atoms with E-state index >= 15 is 0 Å². The van der Waals surface area contributed by atoms with E-state index in [-0.39, 0.29) is 11.6 Å². The molecule has 1 amide bonds. The number of H-pyrrole nitrogens is 1. The van der Waals surface area contributed by atoms with Crippen LogP contribution in [0.2, 0.25) is 5.02 Å². The summed E-state index contributed by atoms with van der Waals surface area (Å²) in [6.45, 7) is 1.80. The molecule has 0 fully saturated rings. The highest BCUT2D eigenvalue weighted by Gasteiger charge is 2.22. The summed E-state index contributed by atoms with van der Waals surface area (Å²) in [5.74, 6) is 0.823. The Balaban J connectivity index is 1.92. The fourth-order valence-corrected chi connectivity index (χ4v) is 2.33. The lowest BCUT2D eigenvalue weighted by Crippen LogP contribution is -2.30. The van der Waals surface area contributed by atoms with E-state index < -0.39 is 6.04 Å². The third kappa shape index (κ3) is 3.54. The molecule has 1 atom stereocenters. The zero-order valence-electron chi connectivity index (χ0n) is 12.3. The van der Waals surface area contributed by atoms with Gasteiger partial charge in [-0.25, -0.2) is 4.98 Å². The molecule has 7 heteroatoms. The molecule has 0 spiro atoms. The average molecular weight is 328 g/mol. The van der Waals surface area contributed by atoms with Crippen molar-refractivity contribution in [3.05, 3.63) is 76.6 Å². The summed E-state index contributed by atoms with van der Waals surface area (Å²) in [6.07, 6.45) is 1.49. The fraction of sp³-hybridized carbons (Fsp3) is 0.125. The maximum absolute atomic E-state index is 12.5. The van der Waals surface area contributed by atoms with Gasteiger partial charge in [-0.3, -0.25) is 14.9 Å². The van der Waals surface area contributed by atoms with Gasteiger partial charge in [-0.2, -0.15) is 5.10 Å². The Hall–Kier alpha value is -2.73. The van der Waals surface area contributed by atoms with Crippen LogP contribution < -0.4 is 5.32 Å². The molecule has 2 aromatic heterocycles. The lowest BCUT2D eigenvalue weighted by molar-refractivity contribution is 0.0936. The average Bonchev–Trinajstić information content (AvgIpc) is 2.99. The number of halogens is 1. The van der Waals surface area contributed by atoms with Gasteiger partial charge in [-0.15, -0.1) is 0 Å². The SMILES string of the molecule is Cc1nc([C@@H](NC(=O)c2cc(Cl)ccn2)c2ccccc2)n[nH]1. The molecule has 0 aliphatic rings. The minimum Gasteiger partial charge on any atom is -0.337 e. The Morgan fingerprint density at radius 3 is 2.70 bits per heavy atom. The number of aromatic amines is 1. The van der Waals surface area contributed by atoms with E-state index in [9.17, 15) is 4.79 Å². The zero-order valence-corrected chi connectivity index (χ0v) is 13.1. The molecule has 0 aliphatic heterocycles. The van der Waals surface area contributed by atoms with E-state index in [0.29, 0.717) is 16.7 Å². The first-order chi connectivity index (χ1) is 11.1. The lowest BCUT2D eigenvalue weighted by Gasteiger charge is -2.16. The Kier molecular flexibility index (Phi) is 4.34. The van der Waals surface area contributed by atoms with Gasteiger partial charge in [0.1, 0.15) is 17.6 Å². The first kappa shape index (κ1) is 15.2. The van der Waals surface area contributed by atoms with Crippen LogP contribution in [-0.2, 0) is 0 Å². The van der Waals surface area contributed by atoms with Crippen molar-refractivity contribution < 1.29 is 4.79 Å². The maximum Gasteiger partial charge on any atom is 0.270 e. The quantitative estimate of drug-likeness (QED) is 0.771. The Morgan fingerprint density at radius 2 is 2.04 bits per heavy atom.